The SMILES string of the molecule is Cc1cc2ccccc2c(C)c1Br. The lowest BCUT2D eigenvalue weighted by Gasteiger charge is -2.07. The van der Waals surface area contributed by atoms with Crippen LogP contribution >= 0.6 is 15.9 Å². The Morgan fingerprint density at radius 3 is 2.54 bits per heavy atom. The van der Waals surface area contributed by atoms with E-state index < -0.39 is 0 Å². The minimum absolute atomic E-state index is 1.23. The minimum atomic E-state index is 1.23. The molecule has 1 heteroatoms. The zero-order valence-electron chi connectivity index (χ0n) is 7.76. The molecule has 0 aromatic heterocycles. The molecule has 0 spiro atoms. The Labute approximate surface area is 86.7 Å². The number of rotatable bonds is 0. The van der Waals surface area contributed by atoms with Crippen molar-refractivity contribution in [2.45, 2.75) is 13.8 Å². The molecular formula is C12H11Br. The third-order valence-corrected chi connectivity index (χ3v) is 3.63. The van der Waals surface area contributed by atoms with Crippen molar-refractivity contribution in [3.8, 4) is 0 Å². The van der Waals surface area contributed by atoms with Gasteiger partial charge in [-0.25, -0.2) is 0 Å². The Kier molecular flexibility index (Phi) is 2.12. The van der Waals surface area contributed by atoms with Crippen molar-refractivity contribution < 1.29 is 0 Å². The highest BCUT2D eigenvalue weighted by Crippen LogP contribution is 2.28. The molecule has 0 atom stereocenters. The van der Waals surface area contributed by atoms with E-state index in [1.165, 1.54) is 26.4 Å². The Hall–Kier alpha value is -0.820. The highest BCUT2D eigenvalue weighted by atomic mass is 79.9. The number of hydrogen-bond donors (Lipinski definition) is 0. The lowest BCUT2D eigenvalue weighted by molar-refractivity contribution is 1.38. The molecule has 2 rings (SSSR count). The second kappa shape index (κ2) is 3.15. The summed E-state index contributed by atoms with van der Waals surface area (Å²) in [7, 11) is 0. The number of aryl methyl sites for hydroxylation is 2. The maximum atomic E-state index is 3.60. The van der Waals surface area contributed by atoms with Crippen LogP contribution in [0.5, 0.6) is 0 Å². The minimum Gasteiger partial charge on any atom is -0.0616 e. The van der Waals surface area contributed by atoms with Gasteiger partial charge >= 0.3 is 0 Å². The zero-order valence-corrected chi connectivity index (χ0v) is 9.35. The molecule has 66 valence electrons. The van der Waals surface area contributed by atoms with Crippen molar-refractivity contribution in [1.29, 1.82) is 0 Å². The van der Waals surface area contributed by atoms with E-state index in [9.17, 15) is 0 Å². The lowest BCUT2D eigenvalue weighted by Crippen LogP contribution is -1.84. The summed E-state index contributed by atoms with van der Waals surface area (Å²) in [6.45, 7) is 4.28. The smallest absolute Gasteiger partial charge is 0.0240 e. The van der Waals surface area contributed by atoms with Crippen LogP contribution in [0.4, 0.5) is 0 Å². The number of hydrogen-bond acceptors (Lipinski definition) is 0. The average Bonchev–Trinajstić information content (AvgIpc) is 2.15. The van der Waals surface area contributed by atoms with Gasteiger partial charge in [0.05, 0.1) is 0 Å². The maximum absolute atomic E-state index is 3.60. The summed E-state index contributed by atoms with van der Waals surface area (Å²) < 4.78 is 1.23. The molecule has 0 amide bonds. The van der Waals surface area contributed by atoms with Crippen LogP contribution < -0.4 is 0 Å². The van der Waals surface area contributed by atoms with Crippen molar-refractivity contribution in [1.82, 2.24) is 0 Å². The van der Waals surface area contributed by atoms with Gasteiger partial charge in [-0.1, -0.05) is 46.3 Å². The molecule has 2 aromatic carbocycles. The van der Waals surface area contributed by atoms with E-state index in [-0.39, 0.29) is 0 Å². The summed E-state index contributed by atoms with van der Waals surface area (Å²) in [6, 6.07) is 10.7. The fraction of sp³-hybridized carbons (Fsp3) is 0.167. The topological polar surface area (TPSA) is 0 Å². The van der Waals surface area contributed by atoms with Crippen LogP contribution in [0.3, 0.4) is 0 Å². The first-order valence-corrected chi connectivity index (χ1v) is 5.14. The van der Waals surface area contributed by atoms with Crippen molar-refractivity contribution in [2.24, 2.45) is 0 Å². The van der Waals surface area contributed by atoms with E-state index >= 15 is 0 Å². The molecule has 0 saturated heterocycles. The Bertz CT molecular complexity index is 458. The fourth-order valence-electron chi connectivity index (χ4n) is 1.67. The summed E-state index contributed by atoms with van der Waals surface area (Å²) >= 11 is 3.60. The summed E-state index contributed by atoms with van der Waals surface area (Å²) in [5, 5.41) is 2.65. The van der Waals surface area contributed by atoms with Gasteiger partial charge in [0.25, 0.3) is 0 Å². The molecule has 0 aliphatic heterocycles. The highest BCUT2D eigenvalue weighted by Gasteiger charge is 2.03. The summed E-state index contributed by atoms with van der Waals surface area (Å²) in [4.78, 5) is 0. The number of fused-ring (bicyclic) bond motifs is 1. The summed E-state index contributed by atoms with van der Waals surface area (Å²) in [5.41, 5.74) is 2.63. The van der Waals surface area contributed by atoms with E-state index in [4.69, 9.17) is 0 Å². The second-order valence-electron chi connectivity index (χ2n) is 3.35. The van der Waals surface area contributed by atoms with E-state index in [0.717, 1.165) is 0 Å². The van der Waals surface area contributed by atoms with E-state index in [1.807, 2.05) is 0 Å². The molecule has 0 bridgehead atoms. The molecule has 0 aliphatic rings. The second-order valence-corrected chi connectivity index (χ2v) is 4.15. The van der Waals surface area contributed by atoms with E-state index in [1.54, 1.807) is 0 Å². The van der Waals surface area contributed by atoms with Crippen molar-refractivity contribution in [3.05, 3.63) is 45.9 Å². The van der Waals surface area contributed by atoms with Crippen LogP contribution in [-0.4, -0.2) is 0 Å². The largest absolute Gasteiger partial charge is 0.0616 e. The predicted molar refractivity (Wildman–Crippen MR) is 61.1 cm³/mol. The van der Waals surface area contributed by atoms with Gasteiger partial charge in [0.15, 0.2) is 0 Å². The lowest BCUT2D eigenvalue weighted by atomic mass is 10.0. The van der Waals surface area contributed by atoms with Gasteiger partial charge in [-0.15, -0.1) is 0 Å². The molecular weight excluding hydrogens is 224 g/mol. The molecule has 13 heavy (non-hydrogen) atoms. The van der Waals surface area contributed by atoms with Crippen LogP contribution in [0.1, 0.15) is 11.1 Å². The maximum Gasteiger partial charge on any atom is 0.0240 e. The van der Waals surface area contributed by atoms with Gasteiger partial charge in [-0.3, -0.25) is 0 Å². The van der Waals surface area contributed by atoms with E-state index in [2.05, 4.69) is 60.1 Å². The molecule has 0 N–H and O–H groups in total. The van der Waals surface area contributed by atoms with Crippen LogP contribution in [0.2, 0.25) is 0 Å². The quantitative estimate of drug-likeness (QED) is 0.641. The molecule has 0 unspecified atom stereocenters. The van der Waals surface area contributed by atoms with Crippen molar-refractivity contribution in [2.75, 3.05) is 0 Å². The van der Waals surface area contributed by atoms with E-state index in [0.29, 0.717) is 0 Å². The zero-order chi connectivity index (χ0) is 9.42. The summed E-state index contributed by atoms with van der Waals surface area (Å²) in [6.07, 6.45) is 0. The van der Waals surface area contributed by atoms with Gasteiger partial charge in [-0.05, 0) is 35.7 Å². The fourth-order valence-corrected chi connectivity index (χ4v) is 2.00. The third-order valence-electron chi connectivity index (χ3n) is 2.41. The Balaban J connectivity index is 2.94. The van der Waals surface area contributed by atoms with Crippen LogP contribution in [0.25, 0.3) is 10.8 Å². The Morgan fingerprint density at radius 2 is 1.77 bits per heavy atom. The monoisotopic (exact) mass is 234 g/mol. The highest BCUT2D eigenvalue weighted by molar-refractivity contribution is 9.10. The van der Waals surface area contributed by atoms with Gasteiger partial charge < -0.3 is 0 Å². The first kappa shape index (κ1) is 8.76. The van der Waals surface area contributed by atoms with Crippen molar-refractivity contribution >= 4 is 26.7 Å². The first-order valence-electron chi connectivity index (χ1n) is 4.34. The molecule has 2 aromatic rings. The van der Waals surface area contributed by atoms with Crippen LogP contribution in [0.15, 0.2) is 34.8 Å². The van der Waals surface area contributed by atoms with Crippen LogP contribution in [0, 0.1) is 13.8 Å². The predicted octanol–water partition coefficient (Wildman–Crippen LogP) is 4.22. The van der Waals surface area contributed by atoms with Crippen molar-refractivity contribution in [3.63, 3.8) is 0 Å². The van der Waals surface area contributed by atoms with Gasteiger partial charge in [0.1, 0.15) is 0 Å². The van der Waals surface area contributed by atoms with Crippen LogP contribution in [-0.2, 0) is 0 Å². The third kappa shape index (κ3) is 1.37. The normalized spacial score (nSPS) is 10.7. The summed E-state index contributed by atoms with van der Waals surface area (Å²) in [5.74, 6) is 0. The number of benzene rings is 2. The average molecular weight is 235 g/mol. The number of halogens is 1. The van der Waals surface area contributed by atoms with Gasteiger partial charge in [0, 0.05) is 4.47 Å². The first-order chi connectivity index (χ1) is 6.20. The molecule has 0 nitrogen and oxygen atoms in total. The van der Waals surface area contributed by atoms with Gasteiger partial charge in [-0.2, -0.15) is 0 Å². The van der Waals surface area contributed by atoms with Gasteiger partial charge in [0.2, 0.25) is 0 Å². The molecule has 0 heterocycles. The molecule has 0 aliphatic carbocycles. The molecule has 0 fully saturated rings. The molecule has 0 saturated carbocycles. The standard InChI is InChI=1S/C12H11Br/c1-8-7-10-5-3-4-6-11(10)9(2)12(8)13/h3-7H,1-2H3. The Morgan fingerprint density at radius 1 is 1.08 bits per heavy atom. The molecule has 0 radical (unpaired) electrons.